The molecule has 1 fully saturated rings. The third-order valence-electron chi connectivity index (χ3n) is 1.91. The lowest BCUT2D eigenvalue weighted by Crippen LogP contribution is -2.22. The molecule has 3 nitrogen and oxygen atoms in total. The van der Waals surface area contributed by atoms with Crippen LogP contribution in [-0.4, -0.2) is 27.9 Å². The van der Waals surface area contributed by atoms with Gasteiger partial charge in [-0.3, -0.25) is 9.59 Å². The number of hydrogen-bond acceptors (Lipinski definition) is 3. The highest BCUT2D eigenvalue weighted by Crippen LogP contribution is 2.25. The lowest BCUT2D eigenvalue weighted by molar-refractivity contribution is -0.133. The Morgan fingerprint density at radius 2 is 2.33 bits per heavy atom. The molecule has 0 amide bonds. The third-order valence-corrected chi connectivity index (χ3v) is 3.22. The SMILES string of the molecule is O=C(O)CSC1CCCCC1=O. The Bertz CT molecular complexity index is 191. The lowest BCUT2D eigenvalue weighted by Gasteiger charge is -2.18. The van der Waals surface area contributed by atoms with Crippen molar-refractivity contribution in [3.8, 4) is 0 Å². The molecule has 0 aromatic rings. The van der Waals surface area contributed by atoms with Crippen molar-refractivity contribution in [1.29, 1.82) is 0 Å². The van der Waals surface area contributed by atoms with Crippen molar-refractivity contribution in [2.24, 2.45) is 0 Å². The number of aliphatic carboxylic acids is 1. The zero-order valence-corrected chi connectivity index (χ0v) is 7.60. The minimum absolute atomic E-state index is 0.0464. The van der Waals surface area contributed by atoms with E-state index in [2.05, 4.69) is 0 Å². The summed E-state index contributed by atoms with van der Waals surface area (Å²) in [4.78, 5) is 21.4. The Labute approximate surface area is 75.5 Å². The van der Waals surface area contributed by atoms with Crippen LogP contribution in [0.15, 0.2) is 0 Å². The highest BCUT2D eigenvalue weighted by molar-refractivity contribution is 8.01. The fourth-order valence-electron chi connectivity index (χ4n) is 1.30. The molecule has 0 spiro atoms. The van der Waals surface area contributed by atoms with Gasteiger partial charge in [0.25, 0.3) is 0 Å². The van der Waals surface area contributed by atoms with Crippen LogP contribution in [0.25, 0.3) is 0 Å². The van der Waals surface area contributed by atoms with E-state index in [1.54, 1.807) is 0 Å². The van der Waals surface area contributed by atoms with Crippen LogP contribution >= 0.6 is 11.8 Å². The normalized spacial score (nSPS) is 24.0. The first-order chi connectivity index (χ1) is 5.70. The monoisotopic (exact) mass is 188 g/mol. The average molecular weight is 188 g/mol. The van der Waals surface area contributed by atoms with Gasteiger partial charge in [-0.2, -0.15) is 0 Å². The second-order valence-electron chi connectivity index (χ2n) is 2.91. The Balaban J connectivity index is 2.29. The van der Waals surface area contributed by atoms with Crippen LogP contribution in [0.5, 0.6) is 0 Å². The summed E-state index contributed by atoms with van der Waals surface area (Å²) in [5.41, 5.74) is 0. The molecule has 0 aromatic heterocycles. The summed E-state index contributed by atoms with van der Waals surface area (Å²) < 4.78 is 0. The maximum Gasteiger partial charge on any atom is 0.313 e. The van der Waals surface area contributed by atoms with Gasteiger partial charge in [0, 0.05) is 6.42 Å². The maximum atomic E-state index is 11.2. The van der Waals surface area contributed by atoms with Crippen LogP contribution in [0.1, 0.15) is 25.7 Å². The Morgan fingerprint density at radius 3 is 2.92 bits per heavy atom. The molecule has 1 rings (SSSR count). The second-order valence-corrected chi connectivity index (χ2v) is 4.10. The summed E-state index contributed by atoms with van der Waals surface area (Å²) >= 11 is 1.26. The molecule has 0 bridgehead atoms. The van der Waals surface area contributed by atoms with Crippen molar-refractivity contribution in [2.75, 3.05) is 5.75 Å². The van der Waals surface area contributed by atoms with Crippen LogP contribution in [-0.2, 0) is 9.59 Å². The molecule has 4 heteroatoms. The first-order valence-corrected chi connectivity index (χ1v) is 5.11. The van der Waals surface area contributed by atoms with E-state index in [-0.39, 0.29) is 16.8 Å². The van der Waals surface area contributed by atoms with Crippen molar-refractivity contribution < 1.29 is 14.7 Å². The summed E-state index contributed by atoms with van der Waals surface area (Å²) in [6.07, 6.45) is 3.53. The zero-order chi connectivity index (χ0) is 8.97. The van der Waals surface area contributed by atoms with Crippen LogP contribution in [0.3, 0.4) is 0 Å². The highest BCUT2D eigenvalue weighted by atomic mass is 32.2. The van der Waals surface area contributed by atoms with Crippen LogP contribution in [0.2, 0.25) is 0 Å². The van der Waals surface area contributed by atoms with E-state index < -0.39 is 5.97 Å². The van der Waals surface area contributed by atoms with Gasteiger partial charge in [0.05, 0.1) is 11.0 Å². The van der Waals surface area contributed by atoms with Crippen LogP contribution in [0.4, 0.5) is 0 Å². The van der Waals surface area contributed by atoms with Gasteiger partial charge in [-0.1, -0.05) is 6.42 Å². The van der Waals surface area contributed by atoms with Gasteiger partial charge in [0.1, 0.15) is 5.78 Å². The minimum Gasteiger partial charge on any atom is -0.481 e. The second kappa shape index (κ2) is 4.50. The largest absolute Gasteiger partial charge is 0.481 e. The molecule has 1 aliphatic carbocycles. The number of carbonyl (C=O) groups is 2. The van der Waals surface area contributed by atoms with E-state index in [1.807, 2.05) is 0 Å². The van der Waals surface area contributed by atoms with E-state index in [9.17, 15) is 9.59 Å². The van der Waals surface area contributed by atoms with Crippen molar-refractivity contribution in [1.82, 2.24) is 0 Å². The number of thioether (sulfide) groups is 1. The van der Waals surface area contributed by atoms with E-state index in [4.69, 9.17) is 5.11 Å². The van der Waals surface area contributed by atoms with E-state index >= 15 is 0 Å². The summed E-state index contributed by atoms with van der Waals surface area (Å²) in [6, 6.07) is 0. The molecule has 12 heavy (non-hydrogen) atoms. The number of carbonyl (C=O) groups excluding carboxylic acids is 1. The molecule has 0 aromatic carbocycles. The van der Waals surface area contributed by atoms with Gasteiger partial charge >= 0.3 is 5.97 Å². The Kier molecular flexibility index (Phi) is 3.59. The fourth-order valence-corrected chi connectivity index (χ4v) is 2.28. The first kappa shape index (κ1) is 9.58. The molecule has 0 aliphatic heterocycles. The summed E-state index contributed by atoms with van der Waals surface area (Å²) in [7, 11) is 0. The standard InChI is InChI=1S/C8H12O3S/c9-6-3-1-2-4-7(6)12-5-8(10)11/h7H,1-5H2,(H,10,11). The van der Waals surface area contributed by atoms with Gasteiger partial charge < -0.3 is 5.11 Å². The van der Waals surface area contributed by atoms with E-state index in [1.165, 1.54) is 11.8 Å². The van der Waals surface area contributed by atoms with Crippen LogP contribution < -0.4 is 0 Å². The number of ketones is 1. The number of rotatable bonds is 3. The molecule has 1 N–H and O–H groups in total. The first-order valence-electron chi connectivity index (χ1n) is 4.06. The molecular weight excluding hydrogens is 176 g/mol. The zero-order valence-electron chi connectivity index (χ0n) is 6.78. The van der Waals surface area contributed by atoms with Crippen molar-refractivity contribution >= 4 is 23.5 Å². The number of hydrogen-bond donors (Lipinski definition) is 1. The quantitative estimate of drug-likeness (QED) is 0.725. The van der Waals surface area contributed by atoms with E-state index in [0.717, 1.165) is 19.3 Å². The predicted octanol–water partition coefficient (Wildman–Crippen LogP) is 1.32. The smallest absolute Gasteiger partial charge is 0.313 e. The number of Topliss-reactive ketones (excluding diaryl/α,β-unsaturated/α-hetero) is 1. The van der Waals surface area contributed by atoms with Crippen molar-refractivity contribution in [2.45, 2.75) is 30.9 Å². The Morgan fingerprint density at radius 1 is 1.58 bits per heavy atom. The highest BCUT2D eigenvalue weighted by Gasteiger charge is 2.22. The molecule has 0 heterocycles. The van der Waals surface area contributed by atoms with Crippen molar-refractivity contribution in [3.05, 3.63) is 0 Å². The van der Waals surface area contributed by atoms with Gasteiger partial charge in [-0.05, 0) is 12.8 Å². The fraction of sp³-hybridized carbons (Fsp3) is 0.750. The molecule has 68 valence electrons. The number of carboxylic acid groups (broad SMARTS) is 1. The van der Waals surface area contributed by atoms with Crippen LogP contribution in [0, 0.1) is 0 Å². The molecular formula is C8H12O3S. The third kappa shape index (κ3) is 2.85. The average Bonchev–Trinajstić information content (AvgIpc) is 2.03. The topological polar surface area (TPSA) is 54.4 Å². The summed E-state index contributed by atoms with van der Waals surface area (Å²) in [5.74, 6) is -0.554. The molecule has 1 saturated carbocycles. The van der Waals surface area contributed by atoms with E-state index in [0.29, 0.717) is 6.42 Å². The van der Waals surface area contributed by atoms with Gasteiger partial charge in [0.15, 0.2) is 0 Å². The molecule has 1 unspecified atom stereocenters. The Hall–Kier alpha value is -0.510. The van der Waals surface area contributed by atoms with Gasteiger partial charge in [0.2, 0.25) is 0 Å². The predicted molar refractivity (Wildman–Crippen MR) is 47.4 cm³/mol. The molecule has 0 radical (unpaired) electrons. The van der Waals surface area contributed by atoms with Gasteiger partial charge in [-0.15, -0.1) is 11.8 Å². The molecule has 1 aliphatic rings. The minimum atomic E-state index is -0.835. The summed E-state index contributed by atoms with van der Waals surface area (Å²) in [6.45, 7) is 0. The van der Waals surface area contributed by atoms with Crippen molar-refractivity contribution in [3.63, 3.8) is 0 Å². The maximum absolute atomic E-state index is 11.2. The lowest BCUT2D eigenvalue weighted by atomic mass is 9.99. The molecule has 1 atom stereocenters. The van der Waals surface area contributed by atoms with Gasteiger partial charge in [-0.25, -0.2) is 0 Å². The molecule has 0 saturated heterocycles. The summed E-state index contributed by atoms with van der Waals surface area (Å²) in [5, 5.41) is 8.35. The number of carboxylic acids is 1.